The highest BCUT2D eigenvalue weighted by molar-refractivity contribution is 7.90. The Balaban J connectivity index is 0.00000408. The fourth-order valence-corrected chi connectivity index (χ4v) is 4.04. The molecule has 0 radical (unpaired) electrons. The number of hydrogen-bond acceptors (Lipinski definition) is 5. The summed E-state index contributed by atoms with van der Waals surface area (Å²) in [7, 11) is -3.50. The van der Waals surface area contributed by atoms with E-state index >= 15 is 0 Å². The van der Waals surface area contributed by atoms with Crippen LogP contribution in [-0.4, -0.2) is 38.0 Å². The van der Waals surface area contributed by atoms with Crippen LogP contribution in [0, 0.1) is 5.82 Å². The molecule has 2 aromatic rings. The Hall–Kier alpha value is -2.42. The molecule has 1 amide bonds. The second-order valence-corrected chi connectivity index (χ2v) is 9.35. The average molecular weight is 537 g/mol. The largest absolute Gasteiger partial charge is 0.430 e. The molecule has 1 aliphatic rings. The first-order valence-corrected chi connectivity index (χ1v) is 10.9. The first kappa shape index (κ1) is 27.8. The highest BCUT2D eigenvalue weighted by Gasteiger charge is 2.72. The Morgan fingerprint density at radius 1 is 1.06 bits per heavy atom. The summed E-state index contributed by atoms with van der Waals surface area (Å²) in [6.07, 6.45) is -11.5. The Bertz CT molecular complexity index is 1200. The molecule has 6 nitrogen and oxygen atoms in total. The molecule has 0 fully saturated rings. The smallest absolute Gasteiger partial charge is 0.369 e. The van der Waals surface area contributed by atoms with E-state index < -0.39 is 56.8 Å². The molecular formula is C19H16ClF7N2O4S. The number of hydrogen-bond donors (Lipinski definition) is 3. The number of amides is 1. The van der Waals surface area contributed by atoms with Gasteiger partial charge in [-0.1, -0.05) is 12.1 Å². The van der Waals surface area contributed by atoms with Gasteiger partial charge in [0.2, 0.25) is 5.91 Å². The molecule has 0 bridgehead atoms. The summed E-state index contributed by atoms with van der Waals surface area (Å²) in [5, 5.41) is 14.3. The summed E-state index contributed by atoms with van der Waals surface area (Å²) in [5.74, 6) is -2.86. The van der Waals surface area contributed by atoms with Crippen LogP contribution >= 0.6 is 12.4 Å². The molecular weight excluding hydrogens is 521 g/mol. The van der Waals surface area contributed by atoms with E-state index in [0.717, 1.165) is 6.26 Å². The molecule has 2 aromatic carbocycles. The molecule has 3 rings (SSSR count). The van der Waals surface area contributed by atoms with Crippen molar-refractivity contribution in [3.63, 3.8) is 0 Å². The molecule has 1 heterocycles. The third-order valence-electron chi connectivity index (χ3n) is 5.06. The van der Waals surface area contributed by atoms with Gasteiger partial charge < -0.3 is 10.4 Å². The van der Waals surface area contributed by atoms with Crippen molar-refractivity contribution in [2.45, 2.75) is 35.4 Å². The quantitative estimate of drug-likeness (QED) is 0.518. The Kier molecular flexibility index (Phi) is 7.35. The number of rotatable bonds is 4. The zero-order valence-corrected chi connectivity index (χ0v) is 18.5. The number of sulfone groups is 1. The number of alkyl halides is 6. The van der Waals surface area contributed by atoms with Crippen molar-refractivity contribution >= 4 is 33.8 Å². The van der Waals surface area contributed by atoms with Gasteiger partial charge in [-0.15, -0.1) is 12.4 Å². The maximum atomic E-state index is 14.2. The van der Waals surface area contributed by atoms with Crippen LogP contribution in [0.15, 0.2) is 41.3 Å². The SMILES string of the molecule is CS(=O)(=O)c1ccc2c(c1)CNC2C(=O)Nc1ccc(C(O)(C(F)(F)F)C(F)(F)F)c(F)c1.Cl. The van der Waals surface area contributed by atoms with Crippen LogP contribution in [0.4, 0.5) is 36.4 Å². The standard InChI is InChI=1S/C19H15F7N2O4S.ClH/c1-33(31,32)11-3-4-12-9(6-11)8-27-15(12)16(29)28-10-2-5-13(14(20)7-10)17(30,18(21,22)23)19(24,25)26;/h2-7,15,27,30H,8H2,1H3,(H,28,29);1H. The maximum absolute atomic E-state index is 14.2. The average Bonchev–Trinajstić information content (AvgIpc) is 3.08. The zero-order valence-electron chi connectivity index (χ0n) is 16.9. The lowest BCUT2D eigenvalue weighted by atomic mass is 9.91. The zero-order chi connectivity index (χ0) is 25.0. The van der Waals surface area contributed by atoms with Crippen LogP contribution in [0.3, 0.4) is 0 Å². The van der Waals surface area contributed by atoms with Crippen molar-refractivity contribution in [3.8, 4) is 0 Å². The molecule has 0 spiro atoms. The Labute approximate surface area is 194 Å². The molecule has 1 atom stereocenters. The van der Waals surface area contributed by atoms with Crippen molar-refractivity contribution in [2.75, 3.05) is 11.6 Å². The number of halogens is 8. The predicted octanol–water partition coefficient (Wildman–Crippen LogP) is 3.75. The van der Waals surface area contributed by atoms with E-state index in [-0.39, 0.29) is 36.0 Å². The molecule has 34 heavy (non-hydrogen) atoms. The lowest BCUT2D eigenvalue weighted by molar-refractivity contribution is -0.377. The van der Waals surface area contributed by atoms with E-state index in [4.69, 9.17) is 0 Å². The Morgan fingerprint density at radius 2 is 1.65 bits per heavy atom. The summed E-state index contributed by atoms with van der Waals surface area (Å²) in [5.41, 5.74) is -7.11. The van der Waals surface area contributed by atoms with Crippen molar-refractivity contribution in [1.82, 2.24) is 5.32 Å². The van der Waals surface area contributed by atoms with Crippen molar-refractivity contribution in [1.29, 1.82) is 0 Å². The number of fused-ring (bicyclic) bond motifs is 1. The minimum Gasteiger partial charge on any atom is -0.369 e. The van der Waals surface area contributed by atoms with Gasteiger partial charge in [0.05, 0.1) is 4.90 Å². The van der Waals surface area contributed by atoms with Crippen LogP contribution in [0.25, 0.3) is 0 Å². The highest BCUT2D eigenvalue weighted by Crippen LogP contribution is 2.50. The van der Waals surface area contributed by atoms with E-state index in [2.05, 4.69) is 10.6 Å². The second-order valence-electron chi connectivity index (χ2n) is 7.34. The summed E-state index contributed by atoms with van der Waals surface area (Å²) < 4.78 is 115. The summed E-state index contributed by atoms with van der Waals surface area (Å²) in [6.45, 7) is 0.105. The van der Waals surface area contributed by atoms with Crippen LogP contribution in [0.5, 0.6) is 0 Å². The summed E-state index contributed by atoms with van der Waals surface area (Å²) in [4.78, 5) is 12.6. The van der Waals surface area contributed by atoms with Gasteiger partial charge in [-0.3, -0.25) is 10.1 Å². The number of anilines is 1. The molecule has 1 aliphatic heterocycles. The van der Waals surface area contributed by atoms with Gasteiger partial charge in [-0.05, 0) is 35.4 Å². The molecule has 1 unspecified atom stereocenters. The predicted molar refractivity (Wildman–Crippen MR) is 107 cm³/mol. The fourth-order valence-electron chi connectivity index (χ4n) is 3.37. The minimum absolute atomic E-state index is 0. The molecule has 0 saturated heterocycles. The number of carbonyl (C=O) groups excluding carboxylic acids is 1. The van der Waals surface area contributed by atoms with Crippen LogP contribution < -0.4 is 10.6 Å². The molecule has 0 aromatic heterocycles. The normalized spacial score (nSPS) is 16.6. The second kappa shape index (κ2) is 8.98. The first-order chi connectivity index (χ1) is 15.0. The highest BCUT2D eigenvalue weighted by atomic mass is 35.5. The molecule has 188 valence electrons. The summed E-state index contributed by atoms with van der Waals surface area (Å²) in [6, 6.07) is 3.85. The van der Waals surface area contributed by atoms with Crippen LogP contribution in [-0.2, 0) is 26.8 Å². The number of aliphatic hydroxyl groups is 1. The van der Waals surface area contributed by atoms with E-state index in [0.29, 0.717) is 17.2 Å². The first-order valence-electron chi connectivity index (χ1n) is 9.00. The molecule has 0 aliphatic carbocycles. The van der Waals surface area contributed by atoms with Gasteiger partial charge in [0, 0.05) is 24.1 Å². The topological polar surface area (TPSA) is 95.5 Å². The number of benzene rings is 2. The maximum Gasteiger partial charge on any atom is 0.430 e. The van der Waals surface area contributed by atoms with Crippen molar-refractivity contribution < 1.29 is 49.1 Å². The molecule has 3 N–H and O–H groups in total. The van der Waals surface area contributed by atoms with Crippen molar-refractivity contribution in [2.24, 2.45) is 0 Å². The van der Waals surface area contributed by atoms with Gasteiger partial charge in [0.1, 0.15) is 11.9 Å². The van der Waals surface area contributed by atoms with Crippen LogP contribution in [0.2, 0.25) is 0 Å². The van der Waals surface area contributed by atoms with Crippen molar-refractivity contribution in [3.05, 3.63) is 58.9 Å². The minimum atomic E-state index is -6.26. The van der Waals surface area contributed by atoms with Gasteiger partial charge in [-0.2, -0.15) is 26.3 Å². The van der Waals surface area contributed by atoms with E-state index in [1.807, 2.05) is 0 Å². The molecule has 15 heteroatoms. The van der Waals surface area contributed by atoms with E-state index in [9.17, 15) is 49.1 Å². The monoisotopic (exact) mass is 536 g/mol. The Morgan fingerprint density at radius 3 is 2.15 bits per heavy atom. The lowest BCUT2D eigenvalue weighted by Crippen LogP contribution is -2.54. The third-order valence-corrected chi connectivity index (χ3v) is 6.17. The van der Waals surface area contributed by atoms with E-state index in [1.54, 1.807) is 0 Å². The lowest BCUT2D eigenvalue weighted by Gasteiger charge is -2.32. The number of nitrogens with one attached hydrogen (secondary N) is 2. The van der Waals surface area contributed by atoms with Crippen LogP contribution in [0.1, 0.15) is 22.7 Å². The third kappa shape index (κ3) is 4.85. The number of carbonyl (C=O) groups is 1. The van der Waals surface area contributed by atoms with Gasteiger partial charge in [0.25, 0.3) is 5.60 Å². The summed E-state index contributed by atoms with van der Waals surface area (Å²) >= 11 is 0. The van der Waals surface area contributed by atoms with Gasteiger partial charge in [0.15, 0.2) is 9.84 Å². The van der Waals surface area contributed by atoms with Gasteiger partial charge >= 0.3 is 12.4 Å². The van der Waals surface area contributed by atoms with Gasteiger partial charge in [-0.25, -0.2) is 12.8 Å². The fraction of sp³-hybridized carbons (Fsp3) is 0.316. The molecule has 0 saturated carbocycles. The van der Waals surface area contributed by atoms with E-state index in [1.165, 1.54) is 18.2 Å².